The average molecular weight is 472 g/mol. The summed E-state index contributed by atoms with van der Waals surface area (Å²) in [5.74, 6) is 1.26. The van der Waals surface area contributed by atoms with Crippen molar-refractivity contribution < 1.29 is 19.0 Å². The van der Waals surface area contributed by atoms with Gasteiger partial charge in [0.2, 0.25) is 0 Å². The standard InChI is InChI=1S/C19H22BrNO4S2/c1-3-23-15-8-12(14(20)10-16(15)24-4-2)9-17-18(22)21(19(26)27-17)11-13-6-5-7-25-13/h8-10,13H,3-7,11H2,1-2H3/b17-9-/t13-/m0/s1. The maximum absolute atomic E-state index is 12.8. The number of nitrogens with zero attached hydrogens (tertiary/aromatic N) is 1. The lowest BCUT2D eigenvalue weighted by atomic mass is 10.1. The van der Waals surface area contributed by atoms with Crippen molar-refractivity contribution in [2.24, 2.45) is 0 Å². The minimum atomic E-state index is -0.0701. The number of ether oxygens (including phenoxy) is 3. The van der Waals surface area contributed by atoms with Gasteiger partial charge in [0.15, 0.2) is 11.5 Å². The molecule has 1 amide bonds. The molecule has 2 aliphatic rings. The molecular formula is C19H22BrNO4S2. The van der Waals surface area contributed by atoms with Gasteiger partial charge in [-0.1, -0.05) is 39.9 Å². The van der Waals surface area contributed by atoms with Crippen molar-refractivity contribution in [3.05, 3.63) is 27.1 Å². The average Bonchev–Trinajstić information content (AvgIpc) is 3.23. The number of carbonyl (C=O) groups is 1. The summed E-state index contributed by atoms with van der Waals surface area (Å²) in [7, 11) is 0. The van der Waals surface area contributed by atoms with Crippen LogP contribution in [0.4, 0.5) is 0 Å². The van der Waals surface area contributed by atoms with Gasteiger partial charge in [-0.2, -0.15) is 0 Å². The Kier molecular flexibility index (Phi) is 7.19. The van der Waals surface area contributed by atoms with Gasteiger partial charge < -0.3 is 14.2 Å². The fraction of sp³-hybridized carbons (Fsp3) is 0.474. The van der Waals surface area contributed by atoms with Gasteiger partial charge in [-0.15, -0.1) is 0 Å². The molecule has 2 fully saturated rings. The number of hydrogen-bond acceptors (Lipinski definition) is 6. The molecular weight excluding hydrogens is 450 g/mol. The Morgan fingerprint density at radius 3 is 2.67 bits per heavy atom. The van der Waals surface area contributed by atoms with E-state index >= 15 is 0 Å². The molecule has 0 saturated carbocycles. The first-order chi connectivity index (χ1) is 13.0. The van der Waals surface area contributed by atoms with Gasteiger partial charge in [0, 0.05) is 11.1 Å². The van der Waals surface area contributed by atoms with Crippen molar-refractivity contribution in [2.45, 2.75) is 32.8 Å². The van der Waals surface area contributed by atoms with Crippen molar-refractivity contribution in [3.8, 4) is 11.5 Å². The van der Waals surface area contributed by atoms with Crippen molar-refractivity contribution >= 4 is 56.2 Å². The monoisotopic (exact) mass is 471 g/mol. The molecule has 27 heavy (non-hydrogen) atoms. The zero-order chi connectivity index (χ0) is 19.4. The molecule has 0 unspecified atom stereocenters. The van der Waals surface area contributed by atoms with E-state index in [1.165, 1.54) is 11.8 Å². The molecule has 146 valence electrons. The Morgan fingerprint density at radius 2 is 2.04 bits per heavy atom. The third kappa shape index (κ3) is 4.85. The molecule has 1 atom stereocenters. The number of hydrogen-bond donors (Lipinski definition) is 0. The fourth-order valence-corrected chi connectivity index (χ4v) is 4.69. The highest BCUT2D eigenvalue weighted by Crippen LogP contribution is 2.38. The highest BCUT2D eigenvalue weighted by Gasteiger charge is 2.34. The first-order valence-electron chi connectivity index (χ1n) is 8.99. The van der Waals surface area contributed by atoms with Gasteiger partial charge in [-0.25, -0.2) is 0 Å². The molecule has 0 radical (unpaired) electrons. The van der Waals surface area contributed by atoms with Gasteiger partial charge in [0.25, 0.3) is 5.91 Å². The number of carbonyl (C=O) groups excluding carboxylic acids is 1. The van der Waals surface area contributed by atoms with E-state index in [0.717, 1.165) is 29.5 Å². The summed E-state index contributed by atoms with van der Waals surface area (Å²) < 4.78 is 18.4. The molecule has 8 heteroatoms. The number of thiocarbonyl (C=S) groups is 1. The predicted molar refractivity (Wildman–Crippen MR) is 115 cm³/mol. The zero-order valence-electron chi connectivity index (χ0n) is 15.3. The lowest BCUT2D eigenvalue weighted by molar-refractivity contribution is -0.123. The number of benzene rings is 1. The highest BCUT2D eigenvalue weighted by atomic mass is 79.9. The summed E-state index contributed by atoms with van der Waals surface area (Å²) in [4.78, 5) is 15.1. The fourth-order valence-electron chi connectivity index (χ4n) is 2.99. The zero-order valence-corrected chi connectivity index (χ0v) is 18.5. The molecule has 0 aliphatic carbocycles. The molecule has 3 rings (SSSR count). The van der Waals surface area contributed by atoms with E-state index in [1.807, 2.05) is 32.1 Å². The van der Waals surface area contributed by atoms with E-state index in [1.54, 1.807) is 4.90 Å². The molecule has 0 spiro atoms. The van der Waals surface area contributed by atoms with Crippen molar-refractivity contribution in [1.82, 2.24) is 4.90 Å². The largest absolute Gasteiger partial charge is 0.490 e. The van der Waals surface area contributed by atoms with Crippen LogP contribution >= 0.6 is 39.9 Å². The van der Waals surface area contributed by atoms with Crippen LogP contribution in [0.5, 0.6) is 11.5 Å². The molecule has 0 bridgehead atoms. The smallest absolute Gasteiger partial charge is 0.266 e. The van der Waals surface area contributed by atoms with E-state index in [9.17, 15) is 4.79 Å². The van der Waals surface area contributed by atoms with E-state index in [2.05, 4.69) is 15.9 Å². The molecule has 1 aromatic rings. The van der Waals surface area contributed by atoms with Crippen molar-refractivity contribution in [3.63, 3.8) is 0 Å². The summed E-state index contributed by atoms with van der Waals surface area (Å²) in [6.07, 6.45) is 3.93. The third-order valence-corrected chi connectivity index (χ3v) is 6.30. The van der Waals surface area contributed by atoms with Crippen LogP contribution in [0, 0.1) is 0 Å². The summed E-state index contributed by atoms with van der Waals surface area (Å²) in [5, 5.41) is 0. The Balaban J connectivity index is 1.84. The minimum absolute atomic E-state index is 0.0701. The van der Waals surface area contributed by atoms with Crippen molar-refractivity contribution in [2.75, 3.05) is 26.4 Å². The SMILES string of the molecule is CCOc1cc(Br)c(/C=C2\SC(=S)N(C[C@@H]3CCCO3)C2=O)cc1OCC. The van der Waals surface area contributed by atoms with Crippen molar-refractivity contribution in [1.29, 1.82) is 0 Å². The second kappa shape index (κ2) is 9.41. The van der Waals surface area contributed by atoms with Crippen LogP contribution < -0.4 is 9.47 Å². The minimum Gasteiger partial charge on any atom is -0.490 e. The summed E-state index contributed by atoms with van der Waals surface area (Å²) in [6.45, 7) is 6.22. The molecule has 1 aromatic carbocycles. The van der Waals surface area contributed by atoms with Gasteiger partial charge >= 0.3 is 0 Å². The Hall–Kier alpha value is -1.09. The number of rotatable bonds is 7. The van der Waals surface area contributed by atoms with Gasteiger partial charge in [0.05, 0.1) is 30.8 Å². The molecule has 2 saturated heterocycles. The van der Waals surface area contributed by atoms with Gasteiger partial charge in [-0.05, 0) is 50.5 Å². The summed E-state index contributed by atoms with van der Waals surface area (Å²) in [5.41, 5.74) is 0.847. The van der Waals surface area contributed by atoms with E-state index in [-0.39, 0.29) is 12.0 Å². The summed E-state index contributed by atoms with van der Waals surface area (Å²) >= 11 is 10.3. The normalized spacial score (nSPS) is 21.4. The van der Waals surface area contributed by atoms with Crippen LogP contribution in [0.3, 0.4) is 0 Å². The first kappa shape index (κ1) is 20.6. The number of amides is 1. The lowest BCUT2D eigenvalue weighted by Crippen LogP contribution is -2.35. The second-order valence-corrected chi connectivity index (χ2v) is 8.64. The topological polar surface area (TPSA) is 48.0 Å². The molecule has 0 N–H and O–H groups in total. The predicted octanol–water partition coefficient (Wildman–Crippen LogP) is 4.63. The van der Waals surface area contributed by atoms with Crippen LogP contribution in [0.25, 0.3) is 6.08 Å². The molecule has 5 nitrogen and oxygen atoms in total. The van der Waals surface area contributed by atoms with Crippen LogP contribution in [0.2, 0.25) is 0 Å². The van der Waals surface area contributed by atoms with Crippen LogP contribution in [0.15, 0.2) is 21.5 Å². The Morgan fingerprint density at radius 1 is 1.33 bits per heavy atom. The Bertz CT molecular complexity index is 762. The second-order valence-electron chi connectivity index (χ2n) is 6.11. The maximum Gasteiger partial charge on any atom is 0.266 e. The highest BCUT2D eigenvalue weighted by molar-refractivity contribution is 9.10. The van der Waals surface area contributed by atoms with Crippen LogP contribution in [-0.4, -0.2) is 47.6 Å². The summed E-state index contributed by atoms with van der Waals surface area (Å²) in [6, 6.07) is 3.75. The van der Waals surface area contributed by atoms with E-state index < -0.39 is 0 Å². The lowest BCUT2D eigenvalue weighted by Gasteiger charge is -2.18. The van der Waals surface area contributed by atoms with Crippen LogP contribution in [0.1, 0.15) is 32.3 Å². The number of thioether (sulfide) groups is 1. The van der Waals surface area contributed by atoms with Crippen LogP contribution in [-0.2, 0) is 9.53 Å². The maximum atomic E-state index is 12.8. The third-order valence-electron chi connectivity index (χ3n) is 4.23. The van der Waals surface area contributed by atoms with E-state index in [0.29, 0.717) is 40.5 Å². The Labute approximate surface area is 177 Å². The first-order valence-corrected chi connectivity index (χ1v) is 11.0. The number of halogens is 1. The molecule has 2 aliphatic heterocycles. The molecule has 0 aromatic heterocycles. The van der Waals surface area contributed by atoms with Gasteiger partial charge in [-0.3, -0.25) is 9.69 Å². The quantitative estimate of drug-likeness (QED) is 0.426. The molecule has 2 heterocycles. The van der Waals surface area contributed by atoms with E-state index in [4.69, 9.17) is 26.4 Å². The van der Waals surface area contributed by atoms with Gasteiger partial charge in [0.1, 0.15) is 4.32 Å².